The van der Waals surface area contributed by atoms with Gasteiger partial charge in [0.15, 0.2) is 5.78 Å². The summed E-state index contributed by atoms with van der Waals surface area (Å²) < 4.78 is 11.2. The summed E-state index contributed by atoms with van der Waals surface area (Å²) in [6, 6.07) is 18.8. The Morgan fingerprint density at radius 2 is 1.54 bits per heavy atom. The second kappa shape index (κ2) is 11.1. The van der Waals surface area contributed by atoms with Crippen molar-refractivity contribution in [3.63, 3.8) is 0 Å². The van der Waals surface area contributed by atoms with Crippen LogP contribution in [0.25, 0.3) is 11.1 Å². The molecule has 5 nitrogen and oxygen atoms in total. The van der Waals surface area contributed by atoms with Gasteiger partial charge in [0.1, 0.15) is 17.4 Å². The highest BCUT2D eigenvalue weighted by atomic mass is 35.5. The van der Waals surface area contributed by atoms with Gasteiger partial charge in [0, 0.05) is 5.56 Å². The molecule has 0 radical (unpaired) electrons. The molecule has 3 aromatic carbocycles. The van der Waals surface area contributed by atoms with Crippen LogP contribution in [0.3, 0.4) is 0 Å². The van der Waals surface area contributed by atoms with Crippen LogP contribution in [-0.2, 0) is 4.74 Å². The van der Waals surface area contributed by atoms with Crippen molar-refractivity contribution >= 4 is 35.1 Å². The third-order valence-corrected chi connectivity index (χ3v) is 5.65. The lowest BCUT2D eigenvalue weighted by Crippen LogP contribution is -2.38. The van der Waals surface area contributed by atoms with Gasteiger partial charge in [-0.05, 0) is 75.6 Å². The van der Waals surface area contributed by atoms with Crippen LogP contribution in [-0.4, -0.2) is 23.6 Å². The Balaban J connectivity index is 1.89. The molecule has 0 saturated heterocycles. The molecule has 0 aliphatic rings. The van der Waals surface area contributed by atoms with E-state index in [-0.39, 0.29) is 16.9 Å². The number of ketones is 1. The van der Waals surface area contributed by atoms with E-state index >= 15 is 0 Å². The van der Waals surface area contributed by atoms with E-state index in [0.29, 0.717) is 16.1 Å². The molecule has 0 aliphatic carbocycles. The predicted octanol–water partition coefficient (Wildman–Crippen LogP) is 7.90. The smallest absolute Gasteiger partial charge is 0.408 e. The Morgan fingerprint density at radius 1 is 0.857 bits per heavy atom. The molecule has 184 valence electrons. The fourth-order valence-corrected chi connectivity index (χ4v) is 3.74. The van der Waals surface area contributed by atoms with Crippen LogP contribution < -0.4 is 10.1 Å². The molecule has 0 saturated carbocycles. The molecule has 1 atom stereocenters. The minimum Gasteiger partial charge on any atom is -0.491 e. The van der Waals surface area contributed by atoms with Crippen LogP contribution in [0.5, 0.6) is 5.75 Å². The highest BCUT2D eigenvalue weighted by Crippen LogP contribution is 2.29. The van der Waals surface area contributed by atoms with E-state index in [0.717, 1.165) is 16.9 Å². The van der Waals surface area contributed by atoms with Gasteiger partial charge in [-0.15, -0.1) is 0 Å². The highest BCUT2D eigenvalue weighted by molar-refractivity contribution is 6.42. The minimum absolute atomic E-state index is 0.0704. The second-order valence-electron chi connectivity index (χ2n) is 9.39. The number of amides is 1. The average Bonchev–Trinajstić information content (AvgIpc) is 2.78. The van der Waals surface area contributed by atoms with Crippen molar-refractivity contribution in [3.8, 4) is 16.9 Å². The summed E-state index contributed by atoms with van der Waals surface area (Å²) in [6.45, 7) is 9.21. The Kier molecular flexibility index (Phi) is 8.47. The summed E-state index contributed by atoms with van der Waals surface area (Å²) in [7, 11) is 0. The molecule has 3 rings (SSSR count). The van der Waals surface area contributed by atoms with E-state index in [1.54, 1.807) is 51.1 Å². The van der Waals surface area contributed by atoms with Gasteiger partial charge in [0.05, 0.1) is 16.1 Å². The summed E-state index contributed by atoms with van der Waals surface area (Å²) >= 11 is 12.2. The van der Waals surface area contributed by atoms with Crippen molar-refractivity contribution in [3.05, 3.63) is 87.9 Å². The lowest BCUT2D eigenvalue weighted by molar-refractivity contribution is 0.0490. The van der Waals surface area contributed by atoms with Crippen LogP contribution in [0.2, 0.25) is 10.0 Å². The monoisotopic (exact) mass is 513 g/mol. The Hall–Kier alpha value is -3.02. The van der Waals surface area contributed by atoms with E-state index in [1.807, 2.05) is 50.2 Å². The second-order valence-corrected chi connectivity index (χ2v) is 10.2. The molecule has 1 amide bonds. The summed E-state index contributed by atoms with van der Waals surface area (Å²) in [5.74, 6) is 0.469. The van der Waals surface area contributed by atoms with Gasteiger partial charge in [-0.25, -0.2) is 4.79 Å². The largest absolute Gasteiger partial charge is 0.491 e. The molecule has 1 unspecified atom stereocenters. The van der Waals surface area contributed by atoms with Gasteiger partial charge in [0.25, 0.3) is 0 Å². The first-order chi connectivity index (χ1) is 16.4. The normalized spacial score (nSPS) is 12.2. The minimum atomic E-state index is -1.01. The van der Waals surface area contributed by atoms with E-state index < -0.39 is 17.7 Å². The molecule has 0 fully saturated rings. The first-order valence-electron chi connectivity index (χ1n) is 11.3. The maximum absolute atomic E-state index is 13.5. The van der Waals surface area contributed by atoms with Gasteiger partial charge in [0.2, 0.25) is 0 Å². The Bertz CT molecular complexity index is 1200. The molecule has 7 heteroatoms. The third kappa shape index (κ3) is 7.48. The SMILES string of the molecule is CC(C)Oc1cccc(-c2ccc(C(=O)C(NC(=O)OC(C)(C)C)c3ccc(Cl)c(Cl)c3)cc2)c1. The average molecular weight is 514 g/mol. The number of carbonyl (C=O) groups is 2. The quantitative estimate of drug-likeness (QED) is 0.326. The molecule has 3 aromatic rings. The number of alkyl carbamates (subject to hydrolysis) is 1. The van der Waals surface area contributed by atoms with Gasteiger partial charge in [-0.2, -0.15) is 0 Å². The number of halogens is 2. The van der Waals surface area contributed by atoms with Crippen LogP contribution in [0.15, 0.2) is 66.7 Å². The molecular weight excluding hydrogens is 485 g/mol. The maximum atomic E-state index is 13.5. The Morgan fingerprint density at radius 3 is 2.14 bits per heavy atom. The number of carbonyl (C=O) groups excluding carboxylic acids is 2. The maximum Gasteiger partial charge on any atom is 0.408 e. The molecule has 35 heavy (non-hydrogen) atoms. The van der Waals surface area contributed by atoms with E-state index in [9.17, 15) is 9.59 Å². The molecule has 0 aromatic heterocycles. The Labute approximate surface area is 216 Å². The number of rotatable bonds is 7. The molecule has 1 N–H and O–H groups in total. The fourth-order valence-electron chi connectivity index (χ4n) is 3.43. The van der Waals surface area contributed by atoms with E-state index in [4.69, 9.17) is 32.7 Å². The predicted molar refractivity (Wildman–Crippen MR) is 141 cm³/mol. The van der Waals surface area contributed by atoms with E-state index in [2.05, 4.69) is 5.32 Å². The first kappa shape index (κ1) is 26.6. The lowest BCUT2D eigenvalue weighted by Gasteiger charge is -2.23. The molecule has 0 heterocycles. The number of Topliss-reactive ketones (excluding diaryl/α,β-unsaturated/α-hetero) is 1. The van der Waals surface area contributed by atoms with Crippen molar-refractivity contribution in [2.45, 2.75) is 52.4 Å². The van der Waals surface area contributed by atoms with Gasteiger partial charge in [-0.3, -0.25) is 4.79 Å². The van der Waals surface area contributed by atoms with Crippen molar-refractivity contribution in [2.24, 2.45) is 0 Å². The number of ether oxygens (including phenoxy) is 2. The lowest BCUT2D eigenvalue weighted by atomic mass is 9.95. The summed E-state index contributed by atoms with van der Waals surface area (Å²) in [5.41, 5.74) is 2.11. The zero-order valence-corrected chi connectivity index (χ0v) is 21.9. The van der Waals surface area contributed by atoms with Crippen LogP contribution in [0.4, 0.5) is 4.79 Å². The zero-order chi connectivity index (χ0) is 25.8. The molecule has 0 bridgehead atoms. The fraction of sp³-hybridized carbons (Fsp3) is 0.286. The highest BCUT2D eigenvalue weighted by Gasteiger charge is 2.27. The topological polar surface area (TPSA) is 64.6 Å². The standard InChI is InChI=1S/C28H29Cl2NO4/c1-17(2)34-22-8-6-7-20(15-22)18-9-11-19(12-10-18)26(32)25(31-27(33)35-28(3,4)5)21-13-14-23(29)24(30)16-21/h6-17,25H,1-5H3,(H,31,33). The number of hydrogen-bond acceptors (Lipinski definition) is 4. The van der Waals surface area contributed by atoms with Crippen LogP contribution >= 0.6 is 23.2 Å². The first-order valence-corrected chi connectivity index (χ1v) is 12.0. The molecule has 0 spiro atoms. The van der Waals surface area contributed by atoms with Crippen molar-refractivity contribution < 1.29 is 19.1 Å². The summed E-state index contributed by atoms with van der Waals surface area (Å²) in [6.07, 6.45) is -0.637. The van der Waals surface area contributed by atoms with Crippen molar-refractivity contribution in [2.75, 3.05) is 0 Å². The van der Waals surface area contributed by atoms with E-state index in [1.165, 1.54) is 0 Å². The zero-order valence-electron chi connectivity index (χ0n) is 20.4. The van der Waals surface area contributed by atoms with Crippen molar-refractivity contribution in [1.82, 2.24) is 5.32 Å². The van der Waals surface area contributed by atoms with Crippen LogP contribution in [0.1, 0.15) is 56.6 Å². The molecule has 0 aliphatic heterocycles. The third-order valence-electron chi connectivity index (χ3n) is 4.91. The molecular formula is C28H29Cl2NO4. The van der Waals surface area contributed by atoms with Gasteiger partial charge >= 0.3 is 6.09 Å². The number of benzene rings is 3. The number of nitrogens with one attached hydrogen (secondary N) is 1. The summed E-state index contributed by atoms with van der Waals surface area (Å²) in [4.78, 5) is 26.0. The van der Waals surface area contributed by atoms with Crippen LogP contribution in [0, 0.1) is 0 Å². The number of hydrogen-bond donors (Lipinski definition) is 1. The van der Waals surface area contributed by atoms with Gasteiger partial charge < -0.3 is 14.8 Å². The van der Waals surface area contributed by atoms with Gasteiger partial charge in [-0.1, -0.05) is 65.7 Å². The van der Waals surface area contributed by atoms with Crippen molar-refractivity contribution in [1.29, 1.82) is 0 Å². The summed E-state index contributed by atoms with van der Waals surface area (Å²) in [5, 5.41) is 3.32.